The zero-order valence-electron chi connectivity index (χ0n) is 11.4. The summed E-state index contributed by atoms with van der Waals surface area (Å²) in [5, 5.41) is 13.6. The van der Waals surface area contributed by atoms with E-state index < -0.39 is 17.4 Å². The van der Waals surface area contributed by atoms with Gasteiger partial charge in [0, 0.05) is 18.4 Å². The van der Waals surface area contributed by atoms with Gasteiger partial charge >= 0.3 is 5.97 Å². The third-order valence-corrected chi connectivity index (χ3v) is 2.29. The van der Waals surface area contributed by atoms with Gasteiger partial charge in [0.2, 0.25) is 11.8 Å². The number of rotatable bonds is 6. The van der Waals surface area contributed by atoms with E-state index in [0.29, 0.717) is 13.0 Å². The van der Waals surface area contributed by atoms with E-state index in [-0.39, 0.29) is 18.2 Å². The molecule has 0 radical (unpaired) electrons. The second-order valence-corrected chi connectivity index (χ2v) is 5.23. The molecule has 3 N–H and O–H groups in total. The molecule has 0 saturated heterocycles. The van der Waals surface area contributed by atoms with E-state index in [1.54, 1.807) is 27.7 Å². The number of nitrogens with one attached hydrogen (secondary N) is 2. The van der Waals surface area contributed by atoms with Crippen LogP contribution in [-0.4, -0.2) is 35.5 Å². The van der Waals surface area contributed by atoms with Crippen molar-refractivity contribution >= 4 is 17.8 Å². The summed E-state index contributed by atoms with van der Waals surface area (Å²) in [6.07, 6.45) is 0.393. The first-order valence-electron chi connectivity index (χ1n) is 5.95. The number of carbonyl (C=O) groups excluding carboxylic acids is 2. The third kappa shape index (κ3) is 6.88. The molecule has 1 atom stereocenters. The molecule has 0 aliphatic carbocycles. The van der Waals surface area contributed by atoms with Gasteiger partial charge in [0.05, 0.1) is 0 Å². The Balaban J connectivity index is 3.97. The Hall–Kier alpha value is -1.59. The average Bonchev–Trinajstić information content (AvgIpc) is 2.22. The molecule has 0 heterocycles. The zero-order chi connectivity index (χ0) is 14.3. The molecule has 2 amide bonds. The van der Waals surface area contributed by atoms with Crippen LogP contribution >= 0.6 is 0 Å². The maximum absolute atomic E-state index is 11.6. The van der Waals surface area contributed by atoms with Gasteiger partial charge in [0.15, 0.2) is 0 Å². The maximum Gasteiger partial charge on any atom is 0.303 e. The van der Waals surface area contributed by atoms with E-state index in [4.69, 9.17) is 5.11 Å². The van der Waals surface area contributed by atoms with Gasteiger partial charge in [-0.3, -0.25) is 14.4 Å². The van der Waals surface area contributed by atoms with Crippen molar-refractivity contribution in [3.05, 3.63) is 0 Å². The number of aliphatic carboxylic acids is 1. The summed E-state index contributed by atoms with van der Waals surface area (Å²) in [6, 6.07) is -0.624. The Morgan fingerprint density at radius 3 is 2.22 bits per heavy atom. The van der Waals surface area contributed by atoms with E-state index in [1.807, 2.05) is 0 Å². The van der Waals surface area contributed by atoms with Crippen LogP contribution in [-0.2, 0) is 14.4 Å². The highest BCUT2D eigenvalue weighted by molar-refractivity contribution is 5.89. The van der Waals surface area contributed by atoms with Crippen LogP contribution in [0.1, 0.15) is 40.5 Å². The van der Waals surface area contributed by atoms with Crippen LogP contribution < -0.4 is 10.6 Å². The van der Waals surface area contributed by atoms with Crippen LogP contribution in [0.2, 0.25) is 0 Å². The van der Waals surface area contributed by atoms with E-state index in [0.717, 1.165) is 0 Å². The monoisotopic (exact) mass is 258 g/mol. The SMILES string of the molecule is CC(NC(=O)C(C)(C)C)C(=O)NCCCC(=O)O. The van der Waals surface area contributed by atoms with Crippen LogP contribution in [0, 0.1) is 5.41 Å². The maximum atomic E-state index is 11.6. The van der Waals surface area contributed by atoms with Gasteiger partial charge < -0.3 is 15.7 Å². The highest BCUT2D eigenvalue weighted by Crippen LogP contribution is 2.12. The number of amides is 2. The summed E-state index contributed by atoms with van der Waals surface area (Å²) in [6.45, 7) is 7.18. The van der Waals surface area contributed by atoms with Crippen molar-refractivity contribution < 1.29 is 19.5 Å². The van der Waals surface area contributed by atoms with Gasteiger partial charge in [-0.1, -0.05) is 20.8 Å². The molecule has 0 aliphatic rings. The number of hydrogen-bond donors (Lipinski definition) is 3. The fourth-order valence-electron chi connectivity index (χ4n) is 1.08. The molecule has 0 fully saturated rings. The highest BCUT2D eigenvalue weighted by Gasteiger charge is 2.24. The fourth-order valence-corrected chi connectivity index (χ4v) is 1.08. The van der Waals surface area contributed by atoms with E-state index >= 15 is 0 Å². The van der Waals surface area contributed by atoms with Crippen LogP contribution in [0.15, 0.2) is 0 Å². The van der Waals surface area contributed by atoms with E-state index in [9.17, 15) is 14.4 Å². The van der Waals surface area contributed by atoms with Gasteiger partial charge in [-0.2, -0.15) is 0 Å². The molecular weight excluding hydrogens is 236 g/mol. The average molecular weight is 258 g/mol. The topological polar surface area (TPSA) is 95.5 Å². The normalized spacial score (nSPS) is 12.7. The zero-order valence-corrected chi connectivity index (χ0v) is 11.4. The Morgan fingerprint density at radius 1 is 1.22 bits per heavy atom. The van der Waals surface area contributed by atoms with Crippen molar-refractivity contribution in [1.29, 1.82) is 0 Å². The highest BCUT2D eigenvalue weighted by atomic mass is 16.4. The molecule has 0 saturated carbocycles. The predicted octanol–water partition coefficient (Wildman–Crippen LogP) is 0.518. The van der Waals surface area contributed by atoms with Crippen molar-refractivity contribution in [2.45, 2.75) is 46.6 Å². The third-order valence-electron chi connectivity index (χ3n) is 2.29. The molecule has 0 aromatic rings. The van der Waals surface area contributed by atoms with Crippen LogP contribution in [0.3, 0.4) is 0 Å². The largest absolute Gasteiger partial charge is 0.481 e. The van der Waals surface area contributed by atoms with Crippen LogP contribution in [0.5, 0.6) is 0 Å². The lowest BCUT2D eigenvalue weighted by Gasteiger charge is -2.21. The minimum absolute atomic E-state index is 0.0169. The lowest BCUT2D eigenvalue weighted by molar-refractivity contribution is -0.137. The summed E-state index contributed by atoms with van der Waals surface area (Å²) >= 11 is 0. The van der Waals surface area contributed by atoms with Gasteiger partial charge in [-0.25, -0.2) is 0 Å². The van der Waals surface area contributed by atoms with Crippen molar-refractivity contribution in [3.8, 4) is 0 Å². The first-order valence-corrected chi connectivity index (χ1v) is 5.95. The van der Waals surface area contributed by atoms with Gasteiger partial charge in [-0.15, -0.1) is 0 Å². The van der Waals surface area contributed by atoms with Crippen LogP contribution in [0.25, 0.3) is 0 Å². The summed E-state index contributed by atoms with van der Waals surface area (Å²) in [7, 11) is 0. The number of hydrogen-bond acceptors (Lipinski definition) is 3. The standard InChI is InChI=1S/C12H22N2O4/c1-8(14-11(18)12(2,3)4)10(17)13-7-5-6-9(15)16/h8H,5-7H2,1-4H3,(H,13,17)(H,14,18)(H,15,16). The van der Waals surface area contributed by atoms with Crippen LogP contribution in [0.4, 0.5) is 0 Å². The lowest BCUT2D eigenvalue weighted by atomic mass is 9.95. The second kappa shape index (κ2) is 6.98. The van der Waals surface area contributed by atoms with E-state index in [2.05, 4.69) is 10.6 Å². The molecular formula is C12H22N2O4. The molecule has 0 spiro atoms. The Labute approximate surface area is 107 Å². The molecule has 1 unspecified atom stereocenters. The number of carboxylic acid groups (broad SMARTS) is 1. The first kappa shape index (κ1) is 16.4. The molecule has 0 aromatic carbocycles. The Bertz CT molecular complexity index is 321. The van der Waals surface area contributed by atoms with Crippen molar-refractivity contribution in [1.82, 2.24) is 10.6 Å². The molecule has 0 rings (SSSR count). The Kier molecular flexibility index (Phi) is 6.36. The van der Waals surface area contributed by atoms with Gasteiger partial charge in [-0.05, 0) is 13.3 Å². The minimum Gasteiger partial charge on any atom is -0.481 e. The van der Waals surface area contributed by atoms with E-state index in [1.165, 1.54) is 0 Å². The molecule has 6 heteroatoms. The van der Waals surface area contributed by atoms with Gasteiger partial charge in [0.1, 0.15) is 6.04 Å². The Morgan fingerprint density at radius 2 is 1.78 bits per heavy atom. The summed E-state index contributed by atoms with van der Waals surface area (Å²) in [5.74, 6) is -1.40. The number of carboxylic acids is 1. The molecule has 0 aromatic heterocycles. The smallest absolute Gasteiger partial charge is 0.303 e. The molecule has 104 valence electrons. The molecule has 6 nitrogen and oxygen atoms in total. The predicted molar refractivity (Wildman–Crippen MR) is 66.9 cm³/mol. The first-order chi connectivity index (χ1) is 8.14. The molecule has 0 aliphatic heterocycles. The second-order valence-electron chi connectivity index (χ2n) is 5.23. The van der Waals surface area contributed by atoms with Gasteiger partial charge in [0.25, 0.3) is 0 Å². The molecule has 18 heavy (non-hydrogen) atoms. The fraction of sp³-hybridized carbons (Fsp3) is 0.750. The minimum atomic E-state index is -0.890. The van der Waals surface area contributed by atoms with Crippen molar-refractivity contribution in [3.63, 3.8) is 0 Å². The number of carbonyl (C=O) groups is 3. The quantitative estimate of drug-likeness (QED) is 0.605. The van der Waals surface area contributed by atoms with Crippen molar-refractivity contribution in [2.24, 2.45) is 5.41 Å². The lowest BCUT2D eigenvalue weighted by Crippen LogP contribution is -2.48. The molecule has 0 bridgehead atoms. The van der Waals surface area contributed by atoms with Crippen molar-refractivity contribution in [2.75, 3.05) is 6.54 Å². The summed E-state index contributed by atoms with van der Waals surface area (Å²) < 4.78 is 0. The summed E-state index contributed by atoms with van der Waals surface area (Å²) in [4.78, 5) is 33.5. The summed E-state index contributed by atoms with van der Waals surface area (Å²) in [5.41, 5.74) is -0.544.